The van der Waals surface area contributed by atoms with Crippen molar-refractivity contribution in [1.29, 1.82) is 0 Å². The molecule has 92 valence electrons. The number of rotatable bonds is 3. The second kappa shape index (κ2) is 4.77. The Morgan fingerprint density at radius 2 is 1.83 bits per heavy atom. The van der Waals surface area contributed by atoms with Crippen LogP contribution in [0.2, 0.25) is 0 Å². The minimum Gasteiger partial charge on any atom is -0.381 e. The second-order valence-electron chi connectivity index (χ2n) is 4.79. The average molecular weight is 242 g/mol. The van der Waals surface area contributed by atoms with Crippen LogP contribution in [0, 0.1) is 5.95 Å². The van der Waals surface area contributed by atoms with Crippen molar-refractivity contribution in [1.82, 2.24) is 4.98 Å². The summed E-state index contributed by atoms with van der Waals surface area (Å²) in [5, 5.41) is 3.38. The van der Waals surface area contributed by atoms with Crippen LogP contribution in [-0.4, -0.2) is 11.0 Å². The molecule has 0 amide bonds. The summed E-state index contributed by atoms with van der Waals surface area (Å²) in [6.07, 6.45) is 3.80. The third-order valence-electron chi connectivity index (χ3n) is 3.51. The van der Waals surface area contributed by atoms with Gasteiger partial charge in [0.2, 0.25) is 5.95 Å². The fourth-order valence-corrected chi connectivity index (χ4v) is 2.43. The molecule has 0 aliphatic heterocycles. The molecule has 0 bridgehead atoms. The highest BCUT2D eigenvalue weighted by Gasteiger charge is 2.29. The van der Waals surface area contributed by atoms with Crippen LogP contribution in [0.1, 0.15) is 24.3 Å². The second-order valence-corrected chi connectivity index (χ2v) is 4.79. The van der Waals surface area contributed by atoms with Gasteiger partial charge in [0, 0.05) is 6.04 Å². The lowest BCUT2D eigenvalue weighted by molar-refractivity contribution is 0.374. The molecular formula is C15H15FN2. The molecule has 0 atom stereocenters. The van der Waals surface area contributed by atoms with Crippen molar-refractivity contribution < 1.29 is 4.39 Å². The lowest BCUT2D eigenvalue weighted by atomic mass is 9.76. The van der Waals surface area contributed by atoms with Crippen molar-refractivity contribution in [3.8, 4) is 0 Å². The molecule has 0 unspecified atom stereocenters. The van der Waals surface area contributed by atoms with E-state index in [0.29, 0.717) is 12.0 Å². The lowest BCUT2D eigenvalue weighted by Crippen LogP contribution is -2.33. The van der Waals surface area contributed by atoms with Crippen LogP contribution in [0.15, 0.2) is 48.7 Å². The molecule has 1 aromatic heterocycles. The Bertz CT molecular complexity index is 504. The Balaban J connectivity index is 1.55. The summed E-state index contributed by atoms with van der Waals surface area (Å²) in [4.78, 5) is 3.64. The van der Waals surface area contributed by atoms with Crippen LogP contribution >= 0.6 is 0 Å². The summed E-state index contributed by atoms with van der Waals surface area (Å²) in [7, 11) is 0. The minimum absolute atomic E-state index is 0.434. The maximum absolute atomic E-state index is 12.7. The van der Waals surface area contributed by atoms with Gasteiger partial charge in [-0.05, 0) is 36.5 Å². The normalized spacial score (nSPS) is 22.3. The van der Waals surface area contributed by atoms with E-state index in [-0.39, 0.29) is 0 Å². The average Bonchev–Trinajstić information content (AvgIpc) is 2.36. The summed E-state index contributed by atoms with van der Waals surface area (Å²) in [5.41, 5.74) is 2.31. The molecule has 3 rings (SSSR count). The number of nitrogens with zero attached hydrogens (tertiary/aromatic N) is 1. The van der Waals surface area contributed by atoms with Gasteiger partial charge in [-0.25, -0.2) is 4.98 Å². The molecule has 1 aliphatic rings. The SMILES string of the molecule is Fc1ccc(NC2CC(c3ccccc3)C2)cn1. The first-order valence-electron chi connectivity index (χ1n) is 6.24. The standard InChI is InChI=1S/C15H15FN2/c16-15-7-6-13(10-17-15)18-14-8-12(9-14)11-4-2-1-3-5-11/h1-7,10,12,14,18H,8-9H2. The van der Waals surface area contributed by atoms with Gasteiger partial charge in [0.1, 0.15) is 0 Å². The van der Waals surface area contributed by atoms with Crippen molar-refractivity contribution in [2.75, 3.05) is 5.32 Å². The zero-order chi connectivity index (χ0) is 12.4. The van der Waals surface area contributed by atoms with Gasteiger partial charge in [-0.3, -0.25) is 0 Å². The number of aromatic nitrogens is 1. The maximum atomic E-state index is 12.7. The number of benzene rings is 1. The molecule has 1 aliphatic carbocycles. The van der Waals surface area contributed by atoms with Gasteiger partial charge >= 0.3 is 0 Å². The quantitative estimate of drug-likeness (QED) is 0.832. The monoisotopic (exact) mass is 242 g/mol. The van der Waals surface area contributed by atoms with Crippen molar-refractivity contribution in [3.05, 3.63) is 60.2 Å². The first-order chi connectivity index (χ1) is 8.81. The smallest absolute Gasteiger partial charge is 0.212 e. The van der Waals surface area contributed by atoms with Crippen molar-refractivity contribution >= 4 is 5.69 Å². The van der Waals surface area contributed by atoms with E-state index in [2.05, 4.69) is 34.6 Å². The van der Waals surface area contributed by atoms with Gasteiger partial charge in [0.05, 0.1) is 11.9 Å². The Hall–Kier alpha value is -1.90. The highest BCUT2D eigenvalue weighted by Crippen LogP contribution is 2.38. The number of anilines is 1. The van der Waals surface area contributed by atoms with Crippen molar-refractivity contribution in [3.63, 3.8) is 0 Å². The molecule has 2 aromatic rings. The fraction of sp³-hybridized carbons (Fsp3) is 0.267. The van der Waals surface area contributed by atoms with E-state index < -0.39 is 5.95 Å². The molecule has 18 heavy (non-hydrogen) atoms. The highest BCUT2D eigenvalue weighted by molar-refractivity contribution is 5.42. The Morgan fingerprint density at radius 1 is 1.06 bits per heavy atom. The van der Waals surface area contributed by atoms with E-state index in [9.17, 15) is 4.39 Å². The fourth-order valence-electron chi connectivity index (χ4n) is 2.43. The van der Waals surface area contributed by atoms with Gasteiger partial charge in [-0.15, -0.1) is 0 Å². The molecular weight excluding hydrogens is 227 g/mol. The molecule has 3 heteroatoms. The molecule has 1 fully saturated rings. The first-order valence-corrected chi connectivity index (χ1v) is 6.24. The zero-order valence-electron chi connectivity index (χ0n) is 10.0. The summed E-state index contributed by atoms with van der Waals surface area (Å²) >= 11 is 0. The number of nitrogens with one attached hydrogen (secondary N) is 1. The molecule has 0 spiro atoms. The number of pyridine rings is 1. The molecule has 1 aromatic carbocycles. The first kappa shape index (κ1) is 11.2. The number of halogens is 1. The Kier molecular flexibility index (Phi) is 2.97. The molecule has 0 saturated heterocycles. The van der Waals surface area contributed by atoms with E-state index in [0.717, 1.165) is 18.5 Å². The summed E-state index contributed by atoms with van der Waals surface area (Å²) < 4.78 is 12.7. The van der Waals surface area contributed by atoms with Crippen LogP contribution < -0.4 is 5.32 Å². The zero-order valence-corrected chi connectivity index (χ0v) is 10.0. The van der Waals surface area contributed by atoms with E-state index >= 15 is 0 Å². The van der Waals surface area contributed by atoms with Gasteiger partial charge in [-0.2, -0.15) is 4.39 Å². The lowest BCUT2D eigenvalue weighted by Gasteiger charge is -2.36. The molecule has 0 radical (unpaired) electrons. The number of hydrogen-bond donors (Lipinski definition) is 1. The summed E-state index contributed by atoms with van der Waals surface area (Å²) in [6.45, 7) is 0. The van der Waals surface area contributed by atoms with E-state index in [1.54, 1.807) is 12.3 Å². The summed E-state index contributed by atoms with van der Waals surface area (Å²) in [5.74, 6) is 0.216. The van der Waals surface area contributed by atoms with Gasteiger partial charge < -0.3 is 5.32 Å². The van der Waals surface area contributed by atoms with Crippen LogP contribution in [0.5, 0.6) is 0 Å². The van der Waals surface area contributed by atoms with Crippen LogP contribution in [-0.2, 0) is 0 Å². The largest absolute Gasteiger partial charge is 0.381 e. The molecule has 1 saturated carbocycles. The van der Waals surface area contributed by atoms with Gasteiger partial charge in [0.15, 0.2) is 0 Å². The predicted octanol–water partition coefficient (Wildman–Crippen LogP) is 3.58. The van der Waals surface area contributed by atoms with Gasteiger partial charge in [0.25, 0.3) is 0 Å². The number of hydrogen-bond acceptors (Lipinski definition) is 2. The van der Waals surface area contributed by atoms with Gasteiger partial charge in [-0.1, -0.05) is 30.3 Å². The molecule has 1 heterocycles. The van der Waals surface area contributed by atoms with Crippen molar-refractivity contribution in [2.45, 2.75) is 24.8 Å². The van der Waals surface area contributed by atoms with Crippen LogP contribution in [0.3, 0.4) is 0 Å². The third kappa shape index (κ3) is 2.35. The Labute approximate surface area is 106 Å². The molecule has 1 N–H and O–H groups in total. The van der Waals surface area contributed by atoms with E-state index in [1.165, 1.54) is 11.6 Å². The van der Waals surface area contributed by atoms with E-state index in [4.69, 9.17) is 0 Å². The summed E-state index contributed by atoms with van der Waals surface area (Å²) in [6, 6.07) is 14.2. The topological polar surface area (TPSA) is 24.9 Å². The van der Waals surface area contributed by atoms with Crippen LogP contribution in [0.25, 0.3) is 0 Å². The van der Waals surface area contributed by atoms with E-state index in [1.807, 2.05) is 6.07 Å². The van der Waals surface area contributed by atoms with Crippen LogP contribution in [0.4, 0.5) is 10.1 Å². The Morgan fingerprint density at radius 3 is 2.50 bits per heavy atom. The third-order valence-corrected chi connectivity index (χ3v) is 3.51. The minimum atomic E-state index is -0.434. The maximum Gasteiger partial charge on any atom is 0.212 e. The molecule has 2 nitrogen and oxygen atoms in total. The predicted molar refractivity (Wildman–Crippen MR) is 70.0 cm³/mol. The highest BCUT2D eigenvalue weighted by atomic mass is 19.1. The van der Waals surface area contributed by atoms with Crippen molar-refractivity contribution in [2.24, 2.45) is 0 Å².